The van der Waals surface area contributed by atoms with Crippen molar-refractivity contribution in [3.8, 4) is 45.3 Å². The molecule has 0 unspecified atom stereocenters. The van der Waals surface area contributed by atoms with Gasteiger partial charge in [0, 0.05) is 27.6 Å². The summed E-state index contributed by atoms with van der Waals surface area (Å²) in [5, 5.41) is 9.97. The lowest BCUT2D eigenvalue weighted by Gasteiger charge is -2.11. The number of fused-ring (bicyclic) bond motifs is 4. The van der Waals surface area contributed by atoms with Gasteiger partial charge in [0.1, 0.15) is 0 Å². The average Bonchev–Trinajstić information content (AvgIpc) is 3.72. The Morgan fingerprint density at radius 3 is 1.85 bits per heavy atom. The van der Waals surface area contributed by atoms with E-state index in [4.69, 9.17) is 10.1 Å². The molecule has 2 heterocycles. The van der Waals surface area contributed by atoms with Crippen LogP contribution in [0.1, 0.15) is 0 Å². The monoisotopic (exact) mass is 588 g/mol. The second-order valence-corrected chi connectivity index (χ2v) is 11.5. The minimum Gasteiger partial charge on any atom is -0.309 e. The summed E-state index contributed by atoms with van der Waals surface area (Å²) >= 11 is 0. The molecule has 216 valence electrons. The van der Waals surface area contributed by atoms with Crippen molar-refractivity contribution < 1.29 is 0 Å². The molecule has 0 amide bonds. The number of hydrogen-bond acceptors (Lipinski definition) is 2. The van der Waals surface area contributed by atoms with Gasteiger partial charge in [-0.15, -0.1) is 5.10 Å². The summed E-state index contributed by atoms with van der Waals surface area (Å²) in [7, 11) is 0. The van der Waals surface area contributed by atoms with E-state index in [9.17, 15) is 0 Å². The van der Waals surface area contributed by atoms with Crippen molar-refractivity contribution in [3.05, 3.63) is 170 Å². The van der Waals surface area contributed by atoms with Gasteiger partial charge in [-0.1, -0.05) is 127 Å². The zero-order valence-corrected chi connectivity index (χ0v) is 25.0. The summed E-state index contributed by atoms with van der Waals surface area (Å²) in [6, 6.07) is 59.7. The Kier molecular flexibility index (Phi) is 6.10. The van der Waals surface area contributed by atoms with Crippen LogP contribution in [0.3, 0.4) is 0 Å². The number of rotatable bonds is 5. The number of hydrogen-bond donors (Lipinski definition) is 0. The maximum Gasteiger partial charge on any atom is 0.182 e. The van der Waals surface area contributed by atoms with Crippen LogP contribution in [-0.4, -0.2) is 19.3 Å². The van der Waals surface area contributed by atoms with Gasteiger partial charge in [0.15, 0.2) is 11.6 Å². The summed E-state index contributed by atoms with van der Waals surface area (Å²) in [4.78, 5) is 4.98. The van der Waals surface area contributed by atoms with E-state index in [1.165, 1.54) is 43.7 Å². The van der Waals surface area contributed by atoms with Crippen molar-refractivity contribution in [2.45, 2.75) is 0 Å². The molecule has 0 aliphatic heterocycles. The highest BCUT2D eigenvalue weighted by Crippen LogP contribution is 2.37. The third-order valence-corrected chi connectivity index (χ3v) is 8.80. The molecule has 0 spiro atoms. The van der Waals surface area contributed by atoms with E-state index >= 15 is 0 Å². The minimum absolute atomic E-state index is 0.702. The fourth-order valence-electron chi connectivity index (χ4n) is 6.61. The Labute approximate surface area is 266 Å². The minimum atomic E-state index is 0.702. The van der Waals surface area contributed by atoms with Gasteiger partial charge in [-0.25, -0.2) is 9.67 Å². The third kappa shape index (κ3) is 4.31. The first-order valence-electron chi connectivity index (χ1n) is 15.5. The molecule has 9 aromatic rings. The van der Waals surface area contributed by atoms with E-state index in [1.807, 2.05) is 53.2 Å². The number of nitrogens with zero attached hydrogens (tertiary/aromatic N) is 4. The molecule has 7 aromatic carbocycles. The quantitative estimate of drug-likeness (QED) is 0.200. The normalized spacial score (nSPS) is 11.5. The van der Waals surface area contributed by atoms with E-state index in [0.29, 0.717) is 5.82 Å². The zero-order chi connectivity index (χ0) is 30.5. The number of benzene rings is 7. The zero-order valence-electron chi connectivity index (χ0n) is 25.0. The second kappa shape index (κ2) is 10.7. The summed E-state index contributed by atoms with van der Waals surface area (Å²) in [5.41, 5.74) is 8.88. The summed E-state index contributed by atoms with van der Waals surface area (Å²) < 4.78 is 4.31. The van der Waals surface area contributed by atoms with Crippen molar-refractivity contribution in [1.29, 1.82) is 0 Å². The van der Waals surface area contributed by atoms with Crippen LogP contribution in [0.5, 0.6) is 0 Å². The first-order chi connectivity index (χ1) is 22.8. The van der Waals surface area contributed by atoms with Crippen LogP contribution in [0.25, 0.3) is 77.9 Å². The van der Waals surface area contributed by atoms with E-state index in [0.717, 1.165) is 28.3 Å². The van der Waals surface area contributed by atoms with Gasteiger partial charge in [0.05, 0.1) is 16.7 Å². The predicted octanol–water partition coefficient (Wildman–Crippen LogP) is 10.5. The lowest BCUT2D eigenvalue weighted by atomic mass is 9.97. The molecule has 0 saturated carbocycles. The highest BCUT2D eigenvalue weighted by atomic mass is 15.4. The predicted molar refractivity (Wildman–Crippen MR) is 190 cm³/mol. The Hall–Kier alpha value is -6.26. The molecule has 0 N–H and O–H groups in total. The van der Waals surface area contributed by atoms with Crippen LogP contribution < -0.4 is 0 Å². The van der Waals surface area contributed by atoms with Gasteiger partial charge in [-0.2, -0.15) is 0 Å². The van der Waals surface area contributed by atoms with Gasteiger partial charge in [0.25, 0.3) is 0 Å². The molecule has 4 nitrogen and oxygen atoms in total. The lowest BCUT2D eigenvalue weighted by Crippen LogP contribution is -2.01. The summed E-state index contributed by atoms with van der Waals surface area (Å²) in [5.74, 6) is 1.51. The molecule has 0 fully saturated rings. The molecule has 0 aliphatic carbocycles. The van der Waals surface area contributed by atoms with Crippen molar-refractivity contribution in [2.24, 2.45) is 0 Å². The SMILES string of the molecule is c1ccc(-c2nc(-c3ccccc3)n(-c3ccc(-n4c5ccccc5c5cc(-c6cccc7ccccc67)ccc54)cc3)n2)cc1. The van der Waals surface area contributed by atoms with Crippen molar-refractivity contribution in [1.82, 2.24) is 19.3 Å². The molecular weight excluding hydrogens is 560 g/mol. The summed E-state index contributed by atoms with van der Waals surface area (Å²) in [6.07, 6.45) is 0. The first-order valence-corrected chi connectivity index (χ1v) is 15.5. The number of para-hydroxylation sites is 1. The highest BCUT2D eigenvalue weighted by Gasteiger charge is 2.17. The Morgan fingerprint density at radius 2 is 1.04 bits per heavy atom. The van der Waals surface area contributed by atoms with Gasteiger partial charge in [-0.3, -0.25) is 0 Å². The van der Waals surface area contributed by atoms with Crippen LogP contribution >= 0.6 is 0 Å². The van der Waals surface area contributed by atoms with Gasteiger partial charge in [0.2, 0.25) is 0 Å². The molecule has 4 heteroatoms. The maximum atomic E-state index is 4.98. The summed E-state index contributed by atoms with van der Waals surface area (Å²) in [6.45, 7) is 0. The largest absolute Gasteiger partial charge is 0.309 e. The van der Waals surface area contributed by atoms with Crippen LogP contribution in [-0.2, 0) is 0 Å². The van der Waals surface area contributed by atoms with Gasteiger partial charge >= 0.3 is 0 Å². The molecule has 2 aromatic heterocycles. The van der Waals surface area contributed by atoms with E-state index in [-0.39, 0.29) is 0 Å². The topological polar surface area (TPSA) is 35.6 Å². The van der Waals surface area contributed by atoms with Gasteiger partial charge in [-0.05, 0) is 64.4 Å². The van der Waals surface area contributed by atoms with Crippen LogP contribution in [0.15, 0.2) is 170 Å². The van der Waals surface area contributed by atoms with Crippen molar-refractivity contribution in [3.63, 3.8) is 0 Å². The van der Waals surface area contributed by atoms with E-state index in [1.54, 1.807) is 0 Å². The molecule has 0 aliphatic rings. The van der Waals surface area contributed by atoms with E-state index in [2.05, 4.69) is 126 Å². The molecular formula is C42H28N4. The molecule has 0 bridgehead atoms. The molecule has 0 atom stereocenters. The Bertz CT molecular complexity index is 2500. The molecule has 9 rings (SSSR count). The first kappa shape index (κ1) is 26.2. The van der Waals surface area contributed by atoms with Crippen molar-refractivity contribution >= 4 is 32.6 Å². The fraction of sp³-hybridized carbons (Fsp3) is 0. The Morgan fingerprint density at radius 1 is 0.413 bits per heavy atom. The maximum absolute atomic E-state index is 4.98. The average molecular weight is 589 g/mol. The fourth-order valence-corrected chi connectivity index (χ4v) is 6.61. The van der Waals surface area contributed by atoms with Gasteiger partial charge < -0.3 is 4.57 Å². The van der Waals surface area contributed by atoms with E-state index < -0.39 is 0 Å². The third-order valence-electron chi connectivity index (χ3n) is 8.80. The molecule has 0 radical (unpaired) electrons. The molecule has 46 heavy (non-hydrogen) atoms. The Balaban J connectivity index is 1.17. The molecule has 0 saturated heterocycles. The highest BCUT2D eigenvalue weighted by molar-refractivity contribution is 6.11. The standard InChI is InChI=1S/C42H28N4/c1-3-13-30(14-4-1)41-43-42(31-15-5-2-6-16-31)46(44-41)34-25-23-33(24-26-34)45-39-21-10-9-19-37(39)38-28-32(22-27-40(38)45)36-20-11-17-29-12-7-8-18-35(29)36/h1-28H. The van der Waals surface area contributed by atoms with Crippen LogP contribution in [0, 0.1) is 0 Å². The smallest absolute Gasteiger partial charge is 0.182 e. The lowest BCUT2D eigenvalue weighted by molar-refractivity contribution is 0.889. The number of aromatic nitrogens is 4. The van der Waals surface area contributed by atoms with Crippen molar-refractivity contribution in [2.75, 3.05) is 0 Å². The second-order valence-electron chi connectivity index (χ2n) is 11.5. The van der Waals surface area contributed by atoms with Crippen LogP contribution in [0.4, 0.5) is 0 Å². The van der Waals surface area contributed by atoms with Crippen LogP contribution in [0.2, 0.25) is 0 Å².